The van der Waals surface area contributed by atoms with E-state index in [1.165, 1.54) is 12.0 Å². The Balaban J connectivity index is 1.84. The lowest BCUT2D eigenvalue weighted by Gasteiger charge is -2.16. The van der Waals surface area contributed by atoms with Crippen LogP contribution in [0.3, 0.4) is 0 Å². The summed E-state index contributed by atoms with van der Waals surface area (Å²) in [5, 5.41) is 0. The van der Waals surface area contributed by atoms with Crippen molar-refractivity contribution in [2.24, 2.45) is 0 Å². The number of Topliss-reactive ketones (excluding diaryl/α,β-unsaturated/α-hetero) is 1. The van der Waals surface area contributed by atoms with Gasteiger partial charge in [0.1, 0.15) is 5.75 Å². The summed E-state index contributed by atoms with van der Waals surface area (Å²) in [6.45, 7) is 0.454. The summed E-state index contributed by atoms with van der Waals surface area (Å²) in [4.78, 5) is 29.7. The maximum absolute atomic E-state index is 12.1. The summed E-state index contributed by atoms with van der Waals surface area (Å²) in [5.74, 6) is -0.388. The first-order valence-electron chi connectivity index (χ1n) is 6.64. The second kappa shape index (κ2) is 5.36. The number of nitrogens with zero attached hydrogens (tertiary/aromatic N) is 2. The number of anilines is 1. The fourth-order valence-corrected chi connectivity index (χ4v) is 2.42. The van der Waals surface area contributed by atoms with Crippen LogP contribution < -0.4 is 9.64 Å². The van der Waals surface area contributed by atoms with Crippen molar-refractivity contribution in [3.8, 4) is 5.75 Å². The number of carbonyl (C=O) groups is 2. The minimum absolute atomic E-state index is 0.408. The van der Waals surface area contributed by atoms with Gasteiger partial charge in [0.15, 0.2) is 0 Å². The maximum Gasteiger partial charge on any atom is 0.299 e. The smallest absolute Gasteiger partial charge is 0.299 e. The summed E-state index contributed by atoms with van der Waals surface area (Å²) in [6.07, 6.45) is 4.12. The number of ketones is 1. The SMILES string of the molecule is COc1ccc2c(c1)C(=O)C(=O)N2CCc1cccnc1. The third-order valence-electron chi connectivity index (χ3n) is 3.53. The molecule has 5 nitrogen and oxygen atoms in total. The minimum atomic E-state index is -0.484. The normalized spacial score (nSPS) is 13.5. The molecular formula is C16H14N2O3. The molecule has 106 valence electrons. The van der Waals surface area contributed by atoms with Crippen LogP contribution in [0.1, 0.15) is 15.9 Å². The first kappa shape index (κ1) is 13.3. The van der Waals surface area contributed by atoms with Crippen molar-refractivity contribution in [1.29, 1.82) is 0 Å². The van der Waals surface area contributed by atoms with Crippen molar-refractivity contribution in [1.82, 2.24) is 4.98 Å². The monoisotopic (exact) mass is 282 g/mol. The number of hydrogen-bond acceptors (Lipinski definition) is 4. The van der Waals surface area contributed by atoms with Gasteiger partial charge in [-0.2, -0.15) is 0 Å². The van der Waals surface area contributed by atoms with Crippen molar-refractivity contribution in [3.05, 3.63) is 53.9 Å². The Morgan fingerprint density at radius 3 is 2.81 bits per heavy atom. The van der Waals surface area contributed by atoms with Crippen molar-refractivity contribution in [2.75, 3.05) is 18.6 Å². The first-order chi connectivity index (χ1) is 10.2. The number of fused-ring (bicyclic) bond motifs is 1. The third-order valence-corrected chi connectivity index (χ3v) is 3.53. The van der Waals surface area contributed by atoms with Gasteiger partial charge in [-0.25, -0.2) is 0 Å². The van der Waals surface area contributed by atoms with Crippen LogP contribution in [0, 0.1) is 0 Å². The Morgan fingerprint density at radius 1 is 1.24 bits per heavy atom. The second-order valence-electron chi connectivity index (χ2n) is 4.78. The van der Waals surface area contributed by atoms with E-state index in [0.717, 1.165) is 5.56 Å². The average Bonchev–Trinajstić information content (AvgIpc) is 2.77. The van der Waals surface area contributed by atoms with Crippen molar-refractivity contribution in [2.45, 2.75) is 6.42 Å². The number of ether oxygens (including phenoxy) is 1. The number of carbonyl (C=O) groups excluding carboxylic acids is 2. The third kappa shape index (κ3) is 2.38. The molecule has 0 fully saturated rings. The standard InChI is InChI=1S/C16H14N2O3/c1-21-12-4-5-14-13(9-12)15(19)16(20)18(14)8-6-11-3-2-7-17-10-11/h2-5,7,9-10H,6,8H2,1H3. The zero-order valence-corrected chi connectivity index (χ0v) is 11.6. The molecule has 0 saturated carbocycles. The van der Waals surface area contributed by atoms with Crippen LogP contribution >= 0.6 is 0 Å². The highest BCUT2D eigenvalue weighted by Crippen LogP contribution is 2.32. The minimum Gasteiger partial charge on any atom is -0.497 e. The number of aromatic nitrogens is 1. The molecule has 2 aromatic rings. The summed E-state index contributed by atoms with van der Waals surface area (Å²) >= 11 is 0. The van der Waals surface area contributed by atoms with Gasteiger partial charge in [0.25, 0.3) is 11.7 Å². The van der Waals surface area contributed by atoms with E-state index in [1.54, 1.807) is 30.6 Å². The van der Waals surface area contributed by atoms with Crippen LogP contribution in [0.15, 0.2) is 42.7 Å². The molecule has 1 aliphatic heterocycles. The molecule has 0 radical (unpaired) electrons. The first-order valence-corrected chi connectivity index (χ1v) is 6.64. The molecule has 1 aromatic carbocycles. The van der Waals surface area contributed by atoms with E-state index in [4.69, 9.17) is 4.74 Å². The molecular weight excluding hydrogens is 268 g/mol. The van der Waals surface area contributed by atoms with Gasteiger partial charge in [0.05, 0.1) is 18.4 Å². The zero-order chi connectivity index (χ0) is 14.8. The van der Waals surface area contributed by atoms with E-state index in [9.17, 15) is 9.59 Å². The maximum atomic E-state index is 12.1. The van der Waals surface area contributed by atoms with E-state index < -0.39 is 11.7 Å². The molecule has 1 amide bonds. The van der Waals surface area contributed by atoms with E-state index in [2.05, 4.69) is 4.98 Å². The van der Waals surface area contributed by atoms with E-state index in [0.29, 0.717) is 30.0 Å². The fourth-order valence-electron chi connectivity index (χ4n) is 2.42. The van der Waals surface area contributed by atoms with Crippen LogP contribution in [-0.2, 0) is 11.2 Å². The summed E-state index contributed by atoms with van der Waals surface area (Å²) in [7, 11) is 1.53. The van der Waals surface area contributed by atoms with Gasteiger partial charge >= 0.3 is 0 Å². The number of methoxy groups -OCH3 is 1. The van der Waals surface area contributed by atoms with Gasteiger partial charge < -0.3 is 9.64 Å². The molecule has 0 aliphatic carbocycles. The Labute approximate surface area is 122 Å². The molecule has 0 spiro atoms. The molecule has 0 bridgehead atoms. The van der Waals surface area contributed by atoms with Crippen molar-refractivity contribution < 1.29 is 14.3 Å². The lowest BCUT2D eigenvalue weighted by Crippen LogP contribution is -2.31. The highest BCUT2D eigenvalue weighted by Gasteiger charge is 2.35. The van der Waals surface area contributed by atoms with Crippen LogP contribution in [-0.4, -0.2) is 30.3 Å². The average molecular weight is 282 g/mol. The van der Waals surface area contributed by atoms with Gasteiger partial charge in [-0.05, 0) is 36.2 Å². The number of amides is 1. The topological polar surface area (TPSA) is 59.5 Å². The van der Waals surface area contributed by atoms with E-state index in [1.807, 2.05) is 12.1 Å². The van der Waals surface area contributed by atoms with Crippen LogP contribution in [0.2, 0.25) is 0 Å². The molecule has 5 heteroatoms. The molecule has 2 heterocycles. The molecule has 0 unspecified atom stereocenters. The lowest BCUT2D eigenvalue weighted by atomic mass is 10.1. The van der Waals surface area contributed by atoms with Crippen molar-refractivity contribution in [3.63, 3.8) is 0 Å². The zero-order valence-electron chi connectivity index (χ0n) is 11.6. The Hall–Kier alpha value is -2.69. The Bertz CT molecular complexity index is 698. The predicted molar refractivity (Wildman–Crippen MR) is 77.6 cm³/mol. The van der Waals surface area contributed by atoms with Crippen molar-refractivity contribution >= 4 is 17.4 Å². The van der Waals surface area contributed by atoms with Gasteiger partial charge in [-0.3, -0.25) is 14.6 Å². The predicted octanol–water partition coefficient (Wildman–Crippen LogP) is 1.86. The quantitative estimate of drug-likeness (QED) is 0.803. The Kier molecular flexibility index (Phi) is 3.39. The lowest BCUT2D eigenvalue weighted by molar-refractivity contribution is -0.114. The summed E-state index contributed by atoms with van der Waals surface area (Å²) in [5.41, 5.74) is 2.08. The fraction of sp³-hybridized carbons (Fsp3) is 0.188. The van der Waals surface area contributed by atoms with Gasteiger partial charge in [0, 0.05) is 18.9 Å². The van der Waals surface area contributed by atoms with E-state index in [-0.39, 0.29) is 0 Å². The van der Waals surface area contributed by atoms with Gasteiger partial charge in [0.2, 0.25) is 0 Å². The molecule has 1 aliphatic rings. The molecule has 21 heavy (non-hydrogen) atoms. The molecule has 3 rings (SSSR count). The number of benzene rings is 1. The molecule has 0 atom stereocenters. The highest BCUT2D eigenvalue weighted by atomic mass is 16.5. The van der Waals surface area contributed by atoms with Gasteiger partial charge in [-0.15, -0.1) is 0 Å². The number of hydrogen-bond donors (Lipinski definition) is 0. The Morgan fingerprint density at radius 2 is 2.10 bits per heavy atom. The number of pyridine rings is 1. The van der Waals surface area contributed by atoms with E-state index >= 15 is 0 Å². The van der Waals surface area contributed by atoms with Gasteiger partial charge in [-0.1, -0.05) is 6.07 Å². The number of rotatable bonds is 4. The highest BCUT2D eigenvalue weighted by molar-refractivity contribution is 6.52. The second-order valence-corrected chi connectivity index (χ2v) is 4.78. The summed E-state index contributed by atoms with van der Waals surface area (Å²) < 4.78 is 5.10. The van der Waals surface area contributed by atoms with Crippen LogP contribution in [0.5, 0.6) is 5.75 Å². The largest absolute Gasteiger partial charge is 0.497 e. The summed E-state index contributed by atoms with van der Waals surface area (Å²) in [6, 6.07) is 8.91. The van der Waals surface area contributed by atoms with Crippen LogP contribution in [0.25, 0.3) is 0 Å². The van der Waals surface area contributed by atoms with Crippen LogP contribution in [0.4, 0.5) is 5.69 Å². The molecule has 1 aromatic heterocycles. The molecule has 0 saturated heterocycles. The molecule has 0 N–H and O–H groups in total.